The van der Waals surface area contributed by atoms with Gasteiger partial charge in [0, 0.05) is 6.54 Å². The maximum atomic E-state index is 11.2. The summed E-state index contributed by atoms with van der Waals surface area (Å²) in [7, 11) is -3.23. The van der Waals surface area contributed by atoms with Crippen LogP contribution in [0, 0.1) is 5.92 Å². The molecule has 76 valence electrons. The first-order valence-corrected chi connectivity index (χ1v) is 5.69. The van der Waals surface area contributed by atoms with E-state index in [1.807, 2.05) is 0 Å². The molecule has 0 bridgehead atoms. The molecular weight excluding hydrogens is 194 g/mol. The van der Waals surface area contributed by atoms with Crippen LogP contribution in [0.3, 0.4) is 0 Å². The molecule has 2 N–H and O–H groups in total. The Morgan fingerprint density at radius 2 is 2.15 bits per heavy atom. The summed E-state index contributed by atoms with van der Waals surface area (Å²) < 4.78 is 24.7. The molecule has 0 aromatic rings. The Balaban J connectivity index is 2.37. The molecule has 0 saturated heterocycles. The monoisotopic (exact) mass is 207 g/mol. The van der Waals surface area contributed by atoms with Crippen LogP contribution in [0.1, 0.15) is 19.8 Å². The number of aliphatic carboxylic acids is 1. The summed E-state index contributed by atoms with van der Waals surface area (Å²) in [5.74, 6) is -1.66. The molecule has 0 aromatic heterocycles. The Labute approximate surface area is 77.2 Å². The van der Waals surface area contributed by atoms with E-state index in [4.69, 9.17) is 5.11 Å². The molecule has 0 spiro atoms. The van der Waals surface area contributed by atoms with Crippen molar-refractivity contribution in [3.05, 3.63) is 0 Å². The fourth-order valence-corrected chi connectivity index (χ4v) is 2.30. The maximum Gasteiger partial charge on any atom is 0.307 e. The highest BCUT2D eigenvalue weighted by Crippen LogP contribution is 2.27. The zero-order chi connectivity index (χ0) is 10.1. The largest absolute Gasteiger partial charge is 0.481 e. The van der Waals surface area contributed by atoms with Crippen LogP contribution >= 0.6 is 0 Å². The normalized spacial score (nSPS) is 19.8. The van der Waals surface area contributed by atoms with Crippen LogP contribution < -0.4 is 4.72 Å². The number of nitrogens with one attached hydrogen (secondary N) is 1. The van der Waals surface area contributed by atoms with E-state index in [2.05, 4.69) is 4.72 Å². The molecule has 13 heavy (non-hydrogen) atoms. The first-order chi connectivity index (χ1) is 5.93. The first kappa shape index (κ1) is 10.5. The van der Waals surface area contributed by atoms with Crippen molar-refractivity contribution in [1.29, 1.82) is 0 Å². The van der Waals surface area contributed by atoms with E-state index < -0.39 is 21.9 Å². The van der Waals surface area contributed by atoms with Gasteiger partial charge in [-0.25, -0.2) is 13.1 Å². The minimum absolute atomic E-state index is 0.0197. The molecule has 0 amide bonds. The Morgan fingerprint density at radius 3 is 2.54 bits per heavy atom. The number of hydrogen-bond acceptors (Lipinski definition) is 3. The van der Waals surface area contributed by atoms with Crippen molar-refractivity contribution < 1.29 is 18.3 Å². The molecule has 0 radical (unpaired) electrons. The lowest BCUT2D eigenvalue weighted by atomic mass is 10.2. The van der Waals surface area contributed by atoms with Crippen molar-refractivity contribution in [3.8, 4) is 0 Å². The zero-order valence-corrected chi connectivity index (χ0v) is 8.17. The lowest BCUT2D eigenvalue weighted by molar-refractivity contribution is -0.140. The van der Waals surface area contributed by atoms with Gasteiger partial charge in [-0.15, -0.1) is 0 Å². The molecule has 0 aromatic carbocycles. The molecule has 1 unspecified atom stereocenters. The first-order valence-electron chi connectivity index (χ1n) is 4.15. The third-order valence-corrected chi connectivity index (χ3v) is 3.89. The summed E-state index contributed by atoms with van der Waals surface area (Å²) in [5, 5.41) is 8.21. The molecule has 5 nitrogen and oxygen atoms in total. The Kier molecular flexibility index (Phi) is 2.92. The topological polar surface area (TPSA) is 83.5 Å². The average molecular weight is 207 g/mol. The van der Waals surface area contributed by atoms with E-state index in [1.165, 1.54) is 6.92 Å². The van der Waals surface area contributed by atoms with Crippen LogP contribution in [0.2, 0.25) is 0 Å². The molecule has 1 aliphatic carbocycles. The van der Waals surface area contributed by atoms with Gasteiger partial charge >= 0.3 is 5.97 Å². The smallest absolute Gasteiger partial charge is 0.307 e. The second kappa shape index (κ2) is 3.63. The molecule has 1 rings (SSSR count). The Hall–Kier alpha value is -0.620. The number of rotatable bonds is 5. The SMILES string of the molecule is CC(CNS(=O)(=O)C1CC1)C(=O)O. The zero-order valence-electron chi connectivity index (χ0n) is 7.36. The van der Waals surface area contributed by atoms with E-state index in [9.17, 15) is 13.2 Å². The molecule has 0 heterocycles. The standard InChI is InChI=1S/C7H13NO4S/c1-5(7(9)10)4-8-13(11,12)6-2-3-6/h5-6,8H,2-4H2,1H3,(H,9,10). The summed E-state index contributed by atoms with van der Waals surface area (Å²) in [4.78, 5) is 10.4. The third kappa shape index (κ3) is 2.96. The fraction of sp³-hybridized carbons (Fsp3) is 0.857. The minimum Gasteiger partial charge on any atom is -0.481 e. The molecular formula is C7H13NO4S. The summed E-state index contributed by atoms with van der Waals surface area (Å²) in [6.45, 7) is 1.45. The van der Waals surface area contributed by atoms with Crippen molar-refractivity contribution in [2.75, 3.05) is 6.54 Å². The van der Waals surface area contributed by atoms with E-state index in [-0.39, 0.29) is 11.8 Å². The molecule has 1 saturated carbocycles. The predicted octanol–water partition coefficient (Wildman–Crippen LogP) is -0.211. The number of carboxylic acid groups (broad SMARTS) is 1. The van der Waals surface area contributed by atoms with Crippen LogP contribution in [0.25, 0.3) is 0 Å². The molecule has 6 heteroatoms. The Morgan fingerprint density at radius 1 is 1.62 bits per heavy atom. The van der Waals surface area contributed by atoms with Gasteiger partial charge in [-0.1, -0.05) is 6.92 Å². The second-order valence-corrected chi connectivity index (χ2v) is 5.38. The second-order valence-electron chi connectivity index (χ2n) is 3.33. The number of carboxylic acids is 1. The summed E-state index contributed by atoms with van der Waals surface area (Å²) in [6.07, 6.45) is 1.38. The highest BCUT2D eigenvalue weighted by molar-refractivity contribution is 7.90. The predicted molar refractivity (Wildman–Crippen MR) is 46.7 cm³/mol. The van der Waals surface area contributed by atoms with E-state index in [0.717, 1.165) is 0 Å². The lowest BCUT2D eigenvalue weighted by Gasteiger charge is -2.07. The average Bonchev–Trinajstić information content (AvgIpc) is 2.81. The quantitative estimate of drug-likeness (QED) is 0.653. The van der Waals surface area contributed by atoms with E-state index in [1.54, 1.807) is 0 Å². The van der Waals surface area contributed by atoms with Crippen molar-refractivity contribution >= 4 is 16.0 Å². The van der Waals surface area contributed by atoms with Crippen LogP contribution in [0.5, 0.6) is 0 Å². The van der Waals surface area contributed by atoms with Crippen LogP contribution in [0.15, 0.2) is 0 Å². The van der Waals surface area contributed by atoms with Gasteiger partial charge in [0.05, 0.1) is 11.2 Å². The summed E-state index contributed by atoms with van der Waals surface area (Å²) in [6, 6.07) is 0. The van der Waals surface area contributed by atoms with Gasteiger partial charge < -0.3 is 5.11 Å². The summed E-state index contributed by atoms with van der Waals surface area (Å²) >= 11 is 0. The van der Waals surface area contributed by atoms with Crippen LogP contribution in [0.4, 0.5) is 0 Å². The van der Waals surface area contributed by atoms with E-state index in [0.29, 0.717) is 12.8 Å². The van der Waals surface area contributed by atoms with Crippen LogP contribution in [-0.4, -0.2) is 31.3 Å². The number of carbonyl (C=O) groups is 1. The third-order valence-electron chi connectivity index (χ3n) is 1.98. The van der Waals surface area contributed by atoms with Gasteiger partial charge in [-0.2, -0.15) is 0 Å². The van der Waals surface area contributed by atoms with Crippen molar-refractivity contribution in [2.45, 2.75) is 25.0 Å². The number of hydrogen-bond donors (Lipinski definition) is 2. The highest BCUT2D eigenvalue weighted by Gasteiger charge is 2.35. The molecule has 1 aliphatic rings. The fourth-order valence-electron chi connectivity index (χ4n) is 0.825. The van der Waals surface area contributed by atoms with Crippen molar-refractivity contribution in [1.82, 2.24) is 4.72 Å². The van der Waals surface area contributed by atoms with Crippen molar-refractivity contribution in [2.24, 2.45) is 5.92 Å². The molecule has 0 aliphatic heterocycles. The van der Waals surface area contributed by atoms with Gasteiger partial charge in [0.2, 0.25) is 10.0 Å². The Bertz CT molecular complexity index is 294. The maximum absolute atomic E-state index is 11.2. The van der Waals surface area contributed by atoms with Gasteiger partial charge in [0.15, 0.2) is 0 Å². The van der Waals surface area contributed by atoms with Crippen molar-refractivity contribution in [3.63, 3.8) is 0 Å². The lowest BCUT2D eigenvalue weighted by Crippen LogP contribution is -2.33. The van der Waals surface area contributed by atoms with Gasteiger partial charge in [0.1, 0.15) is 0 Å². The molecule has 1 fully saturated rings. The summed E-state index contributed by atoms with van der Waals surface area (Å²) in [5.41, 5.74) is 0. The number of sulfonamides is 1. The van der Waals surface area contributed by atoms with Gasteiger partial charge in [-0.3, -0.25) is 4.79 Å². The van der Waals surface area contributed by atoms with Gasteiger partial charge in [0.25, 0.3) is 0 Å². The van der Waals surface area contributed by atoms with Crippen LogP contribution in [-0.2, 0) is 14.8 Å². The highest BCUT2D eigenvalue weighted by atomic mass is 32.2. The van der Waals surface area contributed by atoms with E-state index >= 15 is 0 Å². The molecule has 1 atom stereocenters. The minimum atomic E-state index is -3.23. The van der Waals surface area contributed by atoms with Gasteiger partial charge in [-0.05, 0) is 12.8 Å².